The number of nitrogens with zero attached hydrogens (tertiary/aromatic N) is 4. The highest BCUT2D eigenvalue weighted by atomic mass is 32.2. The summed E-state index contributed by atoms with van der Waals surface area (Å²) in [6.45, 7) is 6.51. The van der Waals surface area contributed by atoms with E-state index in [9.17, 15) is 13.2 Å². The highest BCUT2D eigenvalue weighted by Crippen LogP contribution is 2.35. The Balaban J connectivity index is 1.64. The lowest BCUT2D eigenvalue weighted by Crippen LogP contribution is -2.42. The average molecular weight is 524 g/mol. The van der Waals surface area contributed by atoms with Gasteiger partial charge >= 0.3 is 6.09 Å². The van der Waals surface area contributed by atoms with Gasteiger partial charge in [-0.15, -0.1) is 0 Å². The summed E-state index contributed by atoms with van der Waals surface area (Å²) in [6, 6.07) is 3.40. The summed E-state index contributed by atoms with van der Waals surface area (Å²) in [5.41, 5.74) is 1.28. The number of carbonyl (C=O) groups excluding carboxylic acids is 1. The van der Waals surface area contributed by atoms with Crippen LogP contribution in [-0.4, -0.2) is 85.4 Å². The van der Waals surface area contributed by atoms with Gasteiger partial charge in [0, 0.05) is 38.3 Å². The normalized spacial score (nSPS) is 14.4. The molecule has 0 saturated carbocycles. The monoisotopic (exact) mass is 523 g/mol. The summed E-state index contributed by atoms with van der Waals surface area (Å²) in [5, 5.41) is 3.18. The second kappa shape index (κ2) is 12.1. The van der Waals surface area contributed by atoms with Crippen molar-refractivity contribution < 1.29 is 32.2 Å². The van der Waals surface area contributed by atoms with Crippen molar-refractivity contribution in [3.63, 3.8) is 0 Å². The van der Waals surface area contributed by atoms with Gasteiger partial charge in [-0.05, 0) is 26.8 Å². The molecule has 2 aromatic heterocycles. The largest absolute Gasteiger partial charge is 0.489 e. The van der Waals surface area contributed by atoms with Crippen LogP contribution in [0.2, 0.25) is 0 Å². The molecule has 1 aliphatic rings. The second-order valence-electron chi connectivity index (χ2n) is 8.68. The highest BCUT2D eigenvalue weighted by molar-refractivity contribution is 7.90. The third-order valence-corrected chi connectivity index (χ3v) is 6.22. The molecule has 0 bridgehead atoms. The summed E-state index contributed by atoms with van der Waals surface area (Å²) in [4.78, 5) is 26.7. The minimum Gasteiger partial charge on any atom is -0.489 e. The number of pyridine rings is 1. The van der Waals surface area contributed by atoms with Gasteiger partial charge < -0.3 is 29.2 Å². The zero-order valence-corrected chi connectivity index (χ0v) is 22.0. The maximum absolute atomic E-state index is 12.1. The van der Waals surface area contributed by atoms with Gasteiger partial charge in [-0.25, -0.2) is 23.2 Å². The molecule has 0 unspecified atom stereocenters. The summed E-state index contributed by atoms with van der Waals surface area (Å²) < 4.78 is 44.9. The van der Waals surface area contributed by atoms with Crippen LogP contribution in [0.25, 0.3) is 0 Å². The third kappa shape index (κ3) is 7.83. The number of piperidine rings is 1. The fraction of sp³-hybridized carbons (Fsp3) is 0.565. The number of amides is 1. The first-order valence-corrected chi connectivity index (χ1v) is 13.7. The fourth-order valence-corrected chi connectivity index (χ4v) is 3.87. The SMILES string of the molecule is COc1c(Nc2ccc(OCCS(C)(=O)=O)nc2C)ncnc1OC1CCN(C(=O)OC(C)C)CC1. The van der Waals surface area contributed by atoms with Crippen LogP contribution in [0.1, 0.15) is 32.4 Å². The van der Waals surface area contributed by atoms with E-state index in [0.29, 0.717) is 60.6 Å². The molecule has 198 valence electrons. The zero-order valence-electron chi connectivity index (χ0n) is 21.2. The van der Waals surface area contributed by atoms with Gasteiger partial charge in [0.15, 0.2) is 15.7 Å². The van der Waals surface area contributed by atoms with Gasteiger partial charge in [-0.3, -0.25) is 0 Å². The van der Waals surface area contributed by atoms with E-state index in [1.807, 2.05) is 13.8 Å². The summed E-state index contributed by atoms with van der Waals surface area (Å²) >= 11 is 0. The van der Waals surface area contributed by atoms with E-state index >= 15 is 0 Å². The van der Waals surface area contributed by atoms with Gasteiger partial charge in [0.2, 0.25) is 11.6 Å². The lowest BCUT2D eigenvalue weighted by molar-refractivity contribution is 0.0500. The molecule has 3 rings (SSSR count). The molecule has 1 fully saturated rings. The lowest BCUT2D eigenvalue weighted by atomic mass is 10.1. The third-order valence-electron chi connectivity index (χ3n) is 5.31. The minimum absolute atomic E-state index is 0.0241. The number of likely N-dealkylation sites (tertiary alicyclic amines) is 1. The van der Waals surface area contributed by atoms with Crippen LogP contribution in [0.5, 0.6) is 17.5 Å². The number of carbonyl (C=O) groups is 1. The molecule has 0 radical (unpaired) electrons. The van der Waals surface area contributed by atoms with E-state index in [1.165, 1.54) is 13.4 Å². The van der Waals surface area contributed by atoms with Crippen LogP contribution in [-0.2, 0) is 14.6 Å². The van der Waals surface area contributed by atoms with Crippen LogP contribution in [0.3, 0.4) is 0 Å². The molecule has 2 aromatic rings. The van der Waals surface area contributed by atoms with Crippen molar-refractivity contribution in [2.45, 2.75) is 45.8 Å². The Morgan fingerprint density at radius 3 is 2.56 bits per heavy atom. The van der Waals surface area contributed by atoms with Gasteiger partial charge in [-0.1, -0.05) is 0 Å². The first-order chi connectivity index (χ1) is 17.1. The molecule has 1 amide bonds. The van der Waals surface area contributed by atoms with Crippen LogP contribution in [0.15, 0.2) is 18.5 Å². The van der Waals surface area contributed by atoms with E-state index in [4.69, 9.17) is 18.9 Å². The summed E-state index contributed by atoms with van der Waals surface area (Å²) in [7, 11) is -1.61. The standard InChI is InChI=1S/C23H33N5O7S/c1-15(2)34-23(29)28-10-8-17(9-11-28)35-22-20(32-4)21(24-14-25-22)27-18-6-7-19(26-16(18)3)33-12-13-36(5,30)31/h6-7,14-15,17H,8-13H2,1-5H3,(H,24,25,27). The van der Waals surface area contributed by atoms with Crippen molar-refractivity contribution in [1.29, 1.82) is 0 Å². The van der Waals surface area contributed by atoms with Crippen LogP contribution in [0, 0.1) is 6.92 Å². The molecule has 13 heteroatoms. The predicted octanol–water partition coefficient (Wildman–Crippen LogP) is 2.74. The molecular weight excluding hydrogens is 490 g/mol. The van der Waals surface area contributed by atoms with E-state index in [2.05, 4.69) is 20.3 Å². The maximum Gasteiger partial charge on any atom is 0.410 e. The van der Waals surface area contributed by atoms with Crippen LogP contribution >= 0.6 is 0 Å². The number of sulfone groups is 1. The van der Waals surface area contributed by atoms with Gasteiger partial charge in [0.1, 0.15) is 19.0 Å². The summed E-state index contributed by atoms with van der Waals surface area (Å²) in [6.07, 6.45) is 3.18. The number of aromatic nitrogens is 3. The first kappa shape index (κ1) is 27.2. The molecule has 3 heterocycles. The maximum atomic E-state index is 12.1. The molecule has 1 aliphatic heterocycles. The molecule has 0 spiro atoms. The first-order valence-electron chi connectivity index (χ1n) is 11.6. The Kier molecular flexibility index (Phi) is 9.13. The van der Waals surface area contributed by atoms with Crippen molar-refractivity contribution in [3.8, 4) is 17.5 Å². The van der Waals surface area contributed by atoms with E-state index in [0.717, 1.165) is 6.26 Å². The van der Waals surface area contributed by atoms with Crippen molar-refractivity contribution in [2.75, 3.05) is 44.1 Å². The molecule has 0 aromatic carbocycles. The molecule has 36 heavy (non-hydrogen) atoms. The lowest BCUT2D eigenvalue weighted by Gasteiger charge is -2.31. The number of ether oxygens (including phenoxy) is 4. The Labute approximate surface area is 211 Å². The van der Waals surface area contributed by atoms with Crippen molar-refractivity contribution in [1.82, 2.24) is 19.9 Å². The Bertz CT molecular complexity index is 1150. The molecule has 0 atom stereocenters. The number of hydrogen-bond acceptors (Lipinski definition) is 11. The second-order valence-corrected chi connectivity index (χ2v) is 10.9. The molecule has 12 nitrogen and oxygen atoms in total. The predicted molar refractivity (Wildman–Crippen MR) is 133 cm³/mol. The fourth-order valence-electron chi connectivity index (χ4n) is 3.48. The topological polar surface area (TPSA) is 142 Å². The van der Waals surface area contributed by atoms with Crippen molar-refractivity contribution in [2.24, 2.45) is 0 Å². The highest BCUT2D eigenvalue weighted by Gasteiger charge is 2.27. The van der Waals surface area contributed by atoms with Gasteiger partial charge in [0.25, 0.3) is 5.88 Å². The molecule has 0 aliphatic carbocycles. The van der Waals surface area contributed by atoms with Crippen LogP contribution in [0.4, 0.5) is 16.3 Å². The zero-order chi connectivity index (χ0) is 26.3. The van der Waals surface area contributed by atoms with E-state index in [-0.39, 0.29) is 30.7 Å². The average Bonchev–Trinajstić information content (AvgIpc) is 2.80. The quantitative estimate of drug-likeness (QED) is 0.491. The Morgan fingerprint density at radius 2 is 1.94 bits per heavy atom. The van der Waals surface area contributed by atoms with Crippen molar-refractivity contribution >= 4 is 27.4 Å². The molecule has 1 saturated heterocycles. The van der Waals surface area contributed by atoms with Crippen molar-refractivity contribution in [3.05, 3.63) is 24.2 Å². The number of rotatable bonds is 10. The van der Waals surface area contributed by atoms with Gasteiger partial charge in [-0.2, -0.15) is 4.98 Å². The van der Waals surface area contributed by atoms with Gasteiger partial charge in [0.05, 0.1) is 30.3 Å². The number of hydrogen-bond donors (Lipinski definition) is 1. The van der Waals surface area contributed by atoms with E-state index in [1.54, 1.807) is 24.0 Å². The minimum atomic E-state index is -3.12. The van der Waals surface area contributed by atoms with Crippen LogP contribution < -0.4 is 19.5 Å². The summed E-state index contributed by atoms with van der Waals surface area (Å²) in [5.74, 6) is 1.27. The number of methoxy groups -OCH3 is 1. The number of aryl methyl sites for hydroxylation is 1. The number of anilines is 2. The number of nitrogens with one attached hydrogen (secondary N) is 1. The molecular formula is C23H33N5O7S. The van der Waals surface area contributed by atoms with E-state index < -0.39 is 9.84 Å². The Morgan fingerprint density at radius 1 is 1.22 bits per heavy atom. The molecule has 1 N–H and O–H groups in total. The Hall–Kier alpha value is -3.35. The smallest absolute Gasteiger partial charge is 0.410 e.